The first-order valence-corrected chi connectivity index (χ1v) is 12.7. The third kappa shape index (κ3) is 5.82. The second-order valence-electron chi connectivity index (χ2n) is 8.09. The van der Waals surface area contributed by atoms with Crippen LogP contribution in [-0.4, -0.2) is 76.0 Å². The van der Waals surface area contributed by atoms with Gasteiger partial charge in [0.2, 0.25) is 15.9 Å². The number of nitrogens with one attached hydrogen (secondary N) is 1. The van der Waals surface area contributed by atoms with Crippen molar-refractivity contribution in [1.29, 1.82) is 0 Å². The van der Waals surface area contributed by atoms with Crippen LogP contribution >= 0.6 is 0 Å². The Balaban J connectivity index is 1.52. The molecule has 2 aliphatic heterocycles. The van der Waals surface area contributed by atoms with Crippen LogP contribution in [0.4, 0.5) is 5.69 Å². The smallest absolute Gasteiger partial charge is 0.234 e. The summed E-state index contributed by atoms with van der Waals surface area (Å²) in [5.41, 5.74) is 2.79. The fraction of sp³-hybridized carbons (Fsp3) is 0.391. The molecule has 4 rings (SSSR count). The van der Waals surface area contributed by atoms with E-state index in [1.54, 1.807) is 7.11 Å². The molecular weight excluding hydrogens is 444 g/mol. The summed E-state index contributed by atoms with van der Waals surface area (Å²) in [7, 11) is -1.88. The van der Waals surface area contributed by atoms with E-state index in [0.29, 0.717) is 13.2 Å². The summed E-state index contributed by atoms with van der Waals surface area (Å²) in [6.45, 7) is 3.87. The molecule has 2 aromatic rings. The molecule has 2 aromatic carbocycles. The molecular formula is C23H28N4O5S. The molecule has 1 amide bonds. The van der Waals surface area contributed by atoms with E-state index in [1.807, 2.05) is 47.2 Å². The average Bonchev–Trinajstić information content (AvgIpc) is 2.78. The monoisotopic (exact) mass is 472 g/mol. The minimum atomic E-state index is -3.53. The Hall–Kier alpha value is -3.11. The second kappa shape index (κ2) is 9.80. The number of benzene rings is 2. The van der Waals surface area contributed by atoms with Crippen molar-refractivity contribution < 1.29 is 22.7 Å². The summed E-state index contributed by atoms with van der Waals surface area (Å²) in [4.78, 5) is 21.2. The van der Waals surface area contributed by atoms with Crippen LogP contribution in [0.2, 0.25) is 0 Å². The molecule has 176 valence electrons. The highest BCUT2D eigenvalue weighted by atomic mass is 32.2. The molecule has 2 heterocycles. The Morgan fingerprint density at radius 2 is 1.91 bits per heavy atom. The van der Waals surface area contributed by atoms with Crippen LogP contribution in [0.3, 0.4) is 0 Å². The van der Waals surface area contributed by atoms with Crippen molar-refractivity contribution in [2.75, 3.05) is 46.1 Å². The standard InChI is InChI=1S/C23H28N4O5S/c1-31-18-8-7-17-16-32-21-6-4-3-5-20(21)24-23(19(17)15-18)27-13-11-26(12-14-27)10-9-22(28)25-33(2,29)30/h3-8,15H,9-14,16H2,1-2H3,(H,25,28). The van der Waals surface area contributed by atoms with Gasteiger partial charge in [-0.05, 0) is 24.3 Å². The van der Waals surface area contributed by atoms with E-state index in [-0.39, 0.29) is 6.42 Å². The van der Waals surface area contributed by atoms with E-state index >= 15 is 0 Å². The van der Waals surface area contributed by atoms with E-state index in [0.717, 1.165) is 66.6 Å². The van der Waals surface area contributed by atoms with Crippen molar-refractivity contribution in [2.24, 2.45) is 4.99 Å². The first-order valence-electron chi connectivity index (χ1n) is 10.8. The molecule has 1 saturated heterocycles. The summed E-state index contributed by atoms with van der Waals surface area (Å²) in [5.74, 6) is 1.88. The molecule has 0 bridgehead atoms. The molecule has 0 aromatic heterocycles. The zero-order valence-corrected chi connectivity index (χ0v) is 19.6. The van der Waals surface area contributed by atoms with Gasteiger partial charge in [-0.3, -0.25) is 14.4 Å². The summed E-state index contributed by atoms with van der Waals surface area (Å²) < 4.78 is 35.9. The first-order chi connectivity index (χ1) is 15.8. The largest absolute Gasteiger partial charge is 0.497 e. The molecule has 0 spiro atoms. The lowest BCUT2D eigenvalue weighted by atomic mass is 10.0. The zero-order chi connectivity index (χ0) is 23.4. The number of aliphatic imine (C=N–C) groups is 1. The Bertz CT molecular complexity index is 1160. The number of fused-ring (bicyclic) bond motifs is 2. The van der Waals surface area contributed by atoms with Crippen molar-refractivity contribution in [1.82, 2.24) is 14.5 Å². The molecule has 1 N–H and O–H groups in total. The zero-order valence-electron chi connectivity index (χ0n) is 18.8. The van der Waals surface area contributed by atoms with Gasteiger partial charge in [0.15, 0.2) is 0 Å². The Morgan fingerprint density at radius 1 is 1.15 bits per heavy atom. The minimum absolute atomic E-state index is 0.138. The van der Waals surface area contributed by atoms with Gasteiger partial charge < -0.3 is 14.4 Å². The van der Waals surface area contributed by atoms with Gasteiger partial charge in [-0.2, -0.15) is 0 Å². The lowest BCUT2D eigenvalue weighted by molar-refractivity contribution is -0.119. The van der Waals surface area contributed by atoms with Crippen LogP contribution < -0.4 is 14.2 Å². The lowest BCUT2D eigenvalue weighted by Gasteiger charge is -2.37. The number of nitrogens with zero attached hydrogens (tertiary/aromatic N) is 3. The van der Waals surface area contributed by atoms with E-state index in [4.69, 9.17) is 14.5 Å². The van der Waals surface area contributed by atoms with Crippen LogP contribution in [-0.2, 0) is 21.4 Å². The van der Waals surface area contributed by atoms with Crippen molar-refractivity contribution in [3.63, 3.8) is 0 Å². The van der Waals surface area contributed by atoms with Gasteiger partial charge in [0.25, 0.3) is 0 Å². The van der Waals surface area contributed by atoms with Crippen molar-refractivity contribution in [2.45, 2.75) is 13.0 Å². The third-order valence-corrected chi connectivity index (χ3v) is 6.26. The summed E-state index contributed by atoms with van der Waals surface area (Å²) in [5, 5.41) is 0. The van der Waals surface area contributed by atoms with Gasteiger partial charge in [0, 0.05) is 50.3 Å². The number of ether oxygens (including phenoxy) is 2. The van der Waals surface area contributed by atoms with Gasteiger partial charge in [-0.15, -0.1) is 0 Å². The molecule has 9 nitrogen and oxygen atoms in total. The number of amidine groups is 1. The number of amides is 1. The predicted molar refractivity (Wildman–Crippen MR) is 126 cm³/mol. The maximum atomic E-state index is 11.8. The van der Waals surface area contributed by atoms with Crippen molar-refractivity contribution >= 4 is 27.5 Å². The van der Waals surface area contributed by atoms with Crippen molar-refractivity contribution in [3.05, 3.63) is 53.6 Å². The van der Waals surface area contributed by atoms with Crippen LogP contribution in [0, 0.1) is 0 Å². The topological polar surface area (TPSA) is 101 Å². The highest BCUT2D eigenvalue weighted by molar-refractivity contribution is 7.89. The van der Waals surface area contributed by atoms with E-state index in [9.17, 15) is 13.2 Å². The van der Waals surface area contributed by atoms with E-state index in [1.165, 1.54) is 0 Å². The first kappa shape index (κ1) is 23.1. The van der Waals surface area contributed by atoms with Crippen LogP contribution in [0.15, 0.2) is 47.5 Å². The highest BCUT2D eigenvalue weighted by Crippen LogP contribution is 2.33. The Labute approximate surface area is 194 Å². The van der Waals surface area contributed by atoms with Gasteiger partial charge in [0.05, 0.1) is 13.4 Å². The summed E-state index contributed by atoms with van der Waals surface area (Å²) >= 11 is 0. The molecule has 33 heavy (non-hydrogen) atoms. The van der Waals surface area contributed by atoms with E-state index < -0.39 is 15.9 Å². The number of hydrogen-bond donors (Lipinski definition) is 1. The summed E-state index contributed by atoms with van der Waals surface area (Å²) in [6.07, 6.45) is 1.12. The average molecular weight is 473 g/mol. The molecule has 10 heteroatoms. The van der Waals surface area contributed by atoms with Gasteiger partial charge in [-0.25, -0.2) is 13.4 Å². The summed E-state index contributed by atoms with van der Waals surface area (Å²) in [6, 6.07) is 13.7. The third-order valence-electron chi connectivity index (χ3n) is 5.66. The lowest BCUT2D eigenvalue weighted by Crippen LogP contribution is -2.49. The molecule has 0 aliphatic carbocycles. The number of sulfonamides is 1. The van der Waals surface area contributed by atoms with Gasteiger partial charge in [-0.1, -0.05) is 18.2 Å². The Morgan fingerprint density at radius 3 is 2.64 bits per heavy atom. The number of rotatable bonds is 5. The Kier molecular flexibility index (Phi) is 6.85. The van der Waals surface area contributed by atoms with Crippen LogP contribution in [0.25, 0.3) is 0 Å². The fourth-order valence-electron chi connectivity index (χ4n) is 3.96. The molecule has 0 unspecified atom stereocenters. The number of hydrogen-bond acceptors (Lipinski definition) is 8. The number of methoxy groups -OCH3 is 1. The van der Waals surface area contributed by atoms with Crippen LogP contribution in [0.1, 0.15) is 17.5 Å². The predicted octanol–water partition coefficient (Wildman–Crippen LogP) is 1.75. The number of para-hydroxylation sites is 2. The molecule has 0 atom stereocenters. The number of carbonyl (C=O) groups is 1. The van der Waals surface area contributed by atoms with Crippen molar-refractivity contribution in [3.8, 4) is 11.5 Å². The number of piperazine rings is 1. The second-order valence-corrected chi connectivity index (χ2v) is 9.84. The molecule has 2 aliphatic rings. The minimum Gasteiger partial charge on any atom is -0.497 e. The van der Waals surface area contributed by atoms with Crippen LogP contribution in [0.5, 0.6) is 11.5 Å². The molecule has 1 fully saturated rings. The normalized spacial score (nSPS) is 16.4. The molecule has 0 radical (unpaired) electrons. The number of carbonyl (C=O) groups excluding carboxylic acids is 1. The SMILES string of the molecule is COc1ccc2c(c1)C(N1CCN(CCC(=O)NS(C)(=O)=O)CC1)=Nc1ccccc1OC2. The maximum Gasteiger partial charge on any atom is 0.234 e. The molecule has 0 saturated carbocycles. The highest BCUT2D eigenvalue weighted by Gasteiger charge is 2.25. The van der Waals surface area contributed by atoms with Gasteiger partial charge >= 0.3 is 0 Å². The van der Waals surface area contributed by atoms with E-state index in [2.05, 4.69) is 9.80 Å². The maximum absolute atomic E-state index is 11.8. The fourth-order valence-corrected chi connectivity index (χ4v) is 4.48. The van der Waals surface area contributed by atoms with Gasteiger partial charge in [0.1, 0.15) is 29.6 Å². The quantitative estimate of drug-likeness (QED) is 0.708.